The van der Waals surface area contributed by atoms with Gasteiger partial charge in [-0.2, -0.15) is 0 Å². The number of methoxy groups -OCH3 is 1. The van der Waals surface area contributed by atoms with Gasteiger partial charge in [0.15, 0.2) is 0 Å². The minimum absolute atomic E-state index is 0.0444. The molecular weight excluding hydrogens is 342 g/mol. The van der Waals surface area contributed by atoms with E-state index in [1.54, 1.807) is 7.11 Å². The van der Waals surface area contributed by atoms with Crippen molar-refractivity contribution >= 4 is 5.91 Å². The van der Waals surface area contributed by atoms with Gasteiger partial charge in [-0.15, -0.1) is 0 Å². The van der Waals surface area contributed by atoms with E-state index in [1.165, 1.54) is 5.56 Å². The molecule has 1 unspecified atom stereocenters. The third-order valence-electron chi connectivity index (χ3n) is 4.70. The first-order chi connectivity index (χ1) is 13.2. The Morgan fingerprint density at radius 2 is 1.93 bits per heavy atom. The van der Waals surface area contributed by atoms with Crippen molar-refractivity contribution in [2.24, 2.45) is 5.92 Å². The Kier molecular flexibility index (Phi) is 6.58. The van der Waals surface area contributed by atoms with E-state index in [-0.39, 0.29) is 11.8 Å². The summed E-state index contributed by atoms with van der Waals surface area (Å²) >= 11 is 0. The maximum atomic E-state index is 12.4. The van der Waals surface area contributed by atoms with Crippen LogP contribution in [-0.4, -0.2) is 32.8 Å². The number of benzene rings is 2. The summed E-state index contributed by atoms with van der Waals surface area (Å²) in [6.07, 6.45) is 2.46. The first-order valence-electron chi connectivity index (χ1n) is 9.42. The van der Waals surface area contributed by atoms with Gasteiger partial charge in [0.25, 0.3) is 0 Å². The molecule has 0 bridgehead atoms. The molecule has 1 amide bonds. The van der Waals surface area contributed by atoms with Crippen LogP contribution in [0.15, 0.2) is 42.5 Å². The zero-order valence-electron chi connectivity index (χ0n) is 16.0. The van der Waals surface area contributed by atoms with Gasteiger partial charge >= 0.3 is 0 Å². The maximum absolute atomic E-state index is 12.4. The van der Waals surface area contributed by atoms with E-state index in [4.69, 9.17) is 14.2 Å². The molecular formula is C22H27NO4. The molecule has 1 N–H and O–H groups in total. The largest absolute Gasteiger partial charge is 0.497 e. The van der Waals surface area contributed by atoms with Gasteiger partial charge in [0.2, 0.25) is 5.91 Å². The van der Waals surface area contributed by atoms with Gasteiger partial charge in [-0.1, -0.05) is 17.7 Å². The van der Waals surface area contributed by atoms with E-state index in [0.717, 1.165) is 35.7 Å². The first kappa shape index (κ1) is 19.1. The summed E-state index contributed by atoms with van der Waals surface area (Å²) in [4.78, 5) is 12.4. The van der Waals surface area contributed by atoms with Gasteiger partial charge in [0.1, 0.15) is 23.9 Å². The van der Waals surface area contributed by atoms with E-state index >= 15 is 0 Å². The number of carbonyl (C=O) groups is 1. The van der Waals surface area contributed by atoms with Crippen molar-refractivity contribution in [2.75, 3.05) is 26.9 Å². The fraction of sp³-hybridized carbons (Fsp3) is 0.409. The van der Waals surface area contributed by atoms with E-state index in [2.05, 4.69) is 12.2 Å². The minimum atomic E-state index is -0.159. The first-order valence-corrected chi connectivity index (χ1v) is 9.42. The second-order valence-corrected chi connectivity index (χ2v) is 6.85. The molecule has 0 fully saturated rings. The molecule has 5 nitrogen and oxygen atoms in total. The Balaban J connectivity index is 1.35. The molecule has 1 aliphatic rings. The quantitative estimate of drug-likeness (QED) is 0.723. The lowest BCUT2D eigenvalue weighted by Gasteiger charge is -2.25. The summed E-state index contributed by atoms with van der Waals surface area (Å²) in [6, 6.07) is 13.7. The lowest BCUT2D eigenvalue weighted by Crippen LogP contribution is -2.37. The summed E-state index contributed by atoms with van der Waals surface area (Å²) in [7, 11) is 1.64. The molecule has 0 spiro atoms. The topological polar surface area (TPSA) is 56.8 Å². The van der Waals surface area contributed by atoms with E-state index in [1.807, 2.05) is 42.5 Å². The molecule has 0 aromatic heterocycles. The fourth-order valence-electron chi connectivity index (χ4n) is 3.07. The van der Waals surface area contributed by atoms with E-state index in [0.29, 0.717) is 26.2 Å². The Labute approximate surface area is 160 Å². The number of amides is 1. The average molecular weight is 369 g/mol. The van der Waals surface area contributed by atoms with Crippen LogP contribution in [0, 0.1) is 12.8 Å². The zero-order valence-corrected chi connectivity index (χ0v) is 16.0. The number of unbranched alkanes of at least 4 members (excludes halogenated alkanes) is 1. The Hall–Kier alpha value is -2.69. The summed E-state index contributed by atoms with van der Waals surface area (Å²) in [6.45, 7) is 3.77. The molecule has 0 radical (unpaired) electrons. The second-order valence-electron chi connectivity index (χ2n) is 6.85. The van der Waals surface area contributed by atoms with E-state index < -0.39 is 0 Å². The third kappa shape index (κ3) is 5.39. The van der Waals surface area contributed by atoms with Crippen molar-refractivity contribution in [1.29, 1.82) is 0 Å². The molecule has 1 aliphatic heterocycles. The monoisotopic (exact) mass is 369 g/mol. The molecule has 5 heteroatoms. The Morgan fingerprint density at radius 1 is 1.15 bits per heavy atom. The highest BCUT2D eigenvalue weighted by molar-refractivity contribution is 5.79. The van der Waals surface area contributed by atoms with E-state index in [9.17, 15) is 4.79 Å². The summed E-state index contributed by atoms with van der Waals surface area (Å²) in [5, 5.41) is 3.01. The second kappa shape index (κ2) is 9.31. The molecule has 0 aliphatic carbocycles. The highest BCUT2D eigenvalue weighted by Gasteiger charge is 2.26. The summed E-state index contributed by atoms with van der Waals surface area (Å²) in [5.41, 5.74) is 2.24. The van der Waals surface area contributed by atoms with Crippen LogP contribution in [0.2, 0.25) is 0 Å². The van der Waals surface area contributed by atoms with Crippen LogP contribution in [0.4, 0.5) is 0 Å². The van der Waals surface area contributed by atoms with Crippen molar-refractivity contribution in [3.8, 4) is 17.2 Å². The van der Waals surface area contributed by atoms with Gasteiger partial charge in [0, 0.05) is 6.54 Å². The van der Waals surface area contributed by atoms with Crippen LogP contribution in [0.3, 0.4) is 0 Å². The van der Waals surface area contributed by atoms with Crippen LogP contribution in [0.1, 0.15) is 24.0 Å². The van der Waals surface area contributed by atoms with Gasteiger partial charge in [-0.25, -0.2) is 0 Å². The molecule has 2 aromatic carbocycles. The summed E-state index contributed by atoms with van der Waals surface area (Å²) < 4.78 is 16.7. The maximum Gasteiger partial charge on any atom is 0.226 e. The number of hydrogen-bond donors (Lipinski definition) is 1. The highest BCUT2D eigenvalue weighted by atomic mass is 16.5. The molecule has 2 aromatic rings. The number of fused-ring (bicyclic) bond motifs is 1. The Bertz CT molecular complexity index is 757. The molecule has 1 atom stereocenters. The standard InChI is InChI=1S/C22H27NO4/c1-16-5-7-19(8-6-16)26-12-4-3-11-23-22(24)18-13-17-14-20(25-2)9-10-21(17)27-15-18/h5-10,14,18H,3-4,11-13,15H2,1-2H3,(H,23,24). The van der Waals surface area contributed by atoms with Crippen LogP contribution in [-0.2, 0) is 11.2 Å². The lowest BCUT2D eigenvalue weighted by molar-refractivity contribution is -0.126. The third-order valence-corrected chi connectivity index (χ3v) is 4.70. The molecule has 1 heterocycles. The molecule has 144 valence electrons. The van der Waals surface area contributed by atoms with Crippen molar-refractivity contribution in [2.45, 2.75) is 26.2 Å². The normalized spacial score (nSPS) is 15.4. The minimum Gasteiger partial charge on any atom is -0.497 e. The molecule has 0 saturated heterocycles. The van der Waals surface area contributed by atoms with Gasteiger partial charge in [-0.05, 0) is 62.1 Å². The average Bonchev–Trinajstić information content (AvgIpc) is 2.70. The fourth-order valence-corrected chi connectivity index (χ4v) is 3.07. The number of hydrogen-bond acceptors (Lipinski definition) is 4. The van der Waals surface area contributed by atoms with Gasteiger partial charge in [-0.3, -0.25) is 4.79 Å². The van der Waals surface area contributed by atoms with Crippen LogP contribution in [0.25, 0.3) is 0 Å². The van der Waals surface area contributed by atoms with Crippen molar-refractivity contribution in [3.05, 3.63) is 53.6 Å². The number of rotatable bonds is 8. The van der Waals surface area contributed by atoms with Crippen LogP contribution >= 0.6 is 0 Å². The van der Waals surface area contributed by atoms with Crippen LogP contribution in [0.5, 0.6) is 17.2 Å². The smallest absolute Gasteiger partial charge is 0.226 e. The Morgan fingerprint density at radius 3 is 2.70 bits per heavy atom. The van der Waals surface area contributed by atoms with Gasteiger partial charge < -0.3 is 19.5 Å². The lowest BCUT2D eigenvalue weighted by atomic mass is 9.96. The highest BCUT2D eigenvalue weighted by Crippen LogP contribution is 2.30. The number of carbonyl (C=O) groups excluding carboxylic acids is 1. The SMILES string of the molecule is COc1ccc2c(c1)CC(C(=O)NCCCCOc1ccc(C)cc1)CO2. The number of aryl methyl sites for hydroxylation is 1. The van der Waals surface area contributed by atoms with Crippen molar-refractivity contribution < 1.29 is 19.0 Å². The van der Waals surface area contributed by atoms with Crippen molar-refractivity contribution in [3.63, 3.8) is 0 Å². The number of ether oxygens (including phenoxy) is 3. The van der Waals surface area contributed by atoms with Gasteiger partial charge in [0.05, 0.1) is 19.6 Å². The molecule has 3 rings (SSSR count). The molecule has 27 heavy (non-hydrogen) atoms. The predicted molar refractivity (Wildman–Crippen MR) is 105 cm³/mol. The zero-order chi connectivity index (χ0) is 19.1. The van der Waals surface area contributed by atoms with Crippen LogP contribution < -0.4 is 19.5 Å². The predicted octanol–water partition coefficient (Wildman–Crippen LogP) is 3.53. The molecule has 0 saturated carbocycles. The van der Waals surface area contributed by atoms with Crippen molar-refractivity contribution in [1.82, 2.24) is 5.32 Å². The summed E-state index contributed by atoms with van der Waals surface area (Å²) in [5.74, 6) is 2.40. The number of nitrogens with one attached hydrogen (secondary N) is 1.